The number of hydrogen-bond donors (Lipinski definition) is 2. The first-order chi connectivity index (χ1) is 11.6. The quantitative estimate of drug-likeness (QED) is 0.346. The molecule has 1 aliphatic rings. The number of aliphatic imine (C=N–C) groups is 1. The fraction of sp³-hybridized carbons (Fsp3) is 0.588. The van der Waals surface area contributed by atoms with Gasteiger partial charge in [-0.2, -0.15) is 0 Å². The van der Waals surface area contributed by atoms with Gasteiger partial charge in [-0.1, -0.05) is 19.1 Å². The number of nitro benzene ring substituents is 1. The Morgan fingerprint density at radius 3 is 2.71 bits per heavy atom. The molecular formula is C17H27N5O2. The van der Waals surface area contributed by atoms with Crippen molar-refractivity contribution in [1.82, 2.24) is 15.5 Å². The van der Waals surface area contributed by atoms with Gasteiger partial charge in [-0.05, 0) is 38.4 Å². The number of rotatable bonds is 7. The normalized spacial score (nSPS) is 18.6. The maximum Gasteiger partial charge on any atom is 0.269 e. The second-order valence-corrected chi connectivity index (χ2v) is 5.92. The van der Waals surface area contributed by atoms with Gasteiger partial charge >= 0.3 is 0 Å². The minimum atomic E-state index is -0.389. The van der Waals surface area contributed by atoms with Crippen molar-refractivity contribution in [1.29, 1.82) is 0 Å². The molecule has 1 atom stereocenters. The number of benzene rings is 1. The van der Waals surface area contributed by atoms with Crippen LogP contribution in [0.15, 0.2) is 29.3 Å². The Balaban J connectivity index is 1.91. The number of nitrogens with zero attached hydrogens (tertiary/aromatic N) is 3. The van der Waals surface area contributed by atoms with Gasteiger partial charge in [-0.15, -0.1) is 0 Å². The molecule has 0 aromatic heterocycles. The van der Waals surface area contributed by atoms with Crippen LogP contribution in [-0.2, 0) is 6.54 Å². The molecule has 2 rings (SSSR count). The van der Waals surface area contributed by atoms with Crippen molar-refractivity contribution in [3.05, 3.63) is 39.9 Å². The van der Waals surface area contributed by atoms with Crippen LogP contribution >= 0.6 is 0 Å². The van der Waals surface area contributed by atoms with Crippen molar-refractivity contribution in [2.45, 2.75) is 39.3 Å². The van der Waals surface area contributed by atoms with Crippen molar-refractivity contribution in [2.24, 2.45) is 4.99 Å². The van der Waals surface area contributed by atoms with E-state index >= 15 is 0 Å². The van der Waals surface area contributed by atoms with Crippen LogP contribution < -0.4 is 10.6 Å². The molecule has 0 bridgehead atoms. The molecule has 132 valence electrons. The van der Waals surface area contributed by atoms with Gasteiger partial charge in [0.05, 0.1) is 11.5 Å². The predicted octanol–water partition coefficient (Wildman–Crippen LogP) is 2.13. The third-order valence-electron chi connectivity index (χ3n) is 4.32. The lowest BCUT2D eigenvalue weighted by Crippen LogP contribution is -2.44. The van der Waals surface area contributed by atoms with Gasteiger partial charge in [-0.25, -0.2) is 4.99 Å². The van der Waals surface area contributed by atoms with Gasteiger partial charge in [0, 0.05) is 31.3 Å². The number of nitro groups is 1. The zero-order valence-corrected chi connectivity index (χ0v) is 14.5. The molecule has 1 aromatic carbocycles. The lowest BCUT2D eigenvalue weighted by atomic mass is 10.2. The van der Waals surface area contributed by atoms with Crippen LogP contribution in [0.3, 0.4) is 0 Å². The maximum atomic E-state index is 10.7. The Hall–Kier alpha value is -2.15. The van der Waals surface area contributed by atoms with E-state index in [-0.39, 0.29) is 10.6 Å². The average Bonchev–Trinajstić information content (AvgIpc) is 3.05. The van der Waals surface area contributed by atoms with Crippen LogP contribution in [0, 0.1) is 10.1 Å². The molecule has 1 aliphatic heterocycles. The Morgan fingerprint density at radius 1 is 1.33 bits per heavy atom. The van der Waals surface area contributed by atoms with E-state index in [1.165, 1.54) is 31.5 Å². The summed E-state index contributed by atoms with van der Waals surface area (Å²) in [4.78, 5) is 17.4. The molecule has 1 heterocycles. The van der Waals surface area contributed by atoms with Gasteiger partial charge in [0.25, 0.3) is 5.69 Å². The first-order valence-electron chi connectivity index (χ1n) is 8.63. The Kier molecular flexibility index (Phi) is 6.99. The average molecular weight is 333 g/mol. The highest BCUT2D eigenvalue weighted by Crippen LogP contribution is 2.15. The Morgan fingerprint density at radius 2 is 2.08 bits per heavy atom. The summed E-state index contributed by atoms with van der Waals surface area (Å²) >= 11 is 0. The molecule has 1 saturated heterocycles. The molecule has 1 aromatic rings. The zero-order chi connectivity index (χ0) is 17.4. The van der Waals surface area contributed by atoms with E-state index in [9.17, 15) is 10.1 Å². The summed E-state index contributed by atoms with van der Waals surface area (Å²) in [7, 11) is 0. The number of non-ortho nitro benzene ring substituents is 1. The predicted molar refractivity (Wildman–Crippen MR) is 96.2 cm³/mol. The minimum Gasteiger partial charge on any atom is -0.357 e. The van der Waals surface area contributed by atoms with Crippen LogP contribution in [0.4, 0.5) is 5.69 Å². The molecule has 1 unspecified atom stereocenters. The van der Waals surface area contributed by atoms with E-state index in [4.69, 9.17) is 0 Å². The molecule has 0 saturated carbocycles. The highest BCUT2D eigenvalue weighted by Gasteiger charge is 2.22. The second-order valence-electron chi connectivity index (χ2n) is 5.92. The highest BCUT2D eigenvalue weighted by atomic mass is 16.6. The van der Waals surface area contributed by atoms with Gasteiger partial charge in [0.15, 0.2) is 5.96 Å². The SMILES string of the molecule is CCNC(=NCc1ccc([N+](=O)[O-])cc1)NCC1CCCN1CC. The summed E-state index contributed by atoms with van der Waals surface area (Å²) in [6, 6.07) is 7.10. The fourth-order valence-electron chi connectivity index (χ4n) is 2.99. The van der Waals surface area contributed by atoms with Crippen molar-refractivity contribution >= 4 is 11.6 Å². The molecular weight excluding hydrogens is 306 g/mol. The van der Waals surface area contributed by atoms with Gasteiger partial charge in [0.2, 0.25) is 0 Å². The van der Waals surface area contributed by atoms with Gasteiger partial charge < -0.3 is 10.6 Å². The van der Waals surface area contributed by atoms with Crippen molar-refractivity contribution < 1.29 is 4.92 Å². The highest BCUT2D eigenvalue weighted by molar-refractivity contribution is 5.79. The lowest BCUT2D eigenvalue weighted by molar-refractivity contribution is -0.384. The number of hydrogen-bond acceptors (Lipinski definition) is 4. The molecule has 0 spiro atoms. The van der Waals surface area contributed by atoms with Gasteiger partial charge in [0.1, 0.15) is 0 Å². The standard InChI is InChI=1S/C17H27N5O2/c1-3-18-17(20-13-16-6-5-11-21(16)4-2)19-12-14-7-9-15(10-8-14)22(23)24/h7-10,16H,3-6,11-13H2,1-2H3,(H2,18,19,20). The summed E-state index contributed by atoms with van der Waals surface area (Å²) in [6.07, 6.45) is 2.49. The molecule has 1 fully saturated rings. The van der Waals surface area contributed by atoms with Crippen LogP contribution in [0.5, 0.6) is 0 Å². The van der Waals surface area contributed by atoms with Crippen LogP contribution in [0.1, 0.15) is 32.3 Å². The van der Waals surface area contributed by atoms with Crippen LogP contribution in [0.2, 0.25) is 0 Å². The molecule has 7 nitrogen and oxygen atoms in total. The summed E-state index contributed by atoms with van der Waals surface area (Å²) in [5.41, 5.74) is 1.06. The number of likely N-dealkylation sites (tertiary alicyclic amines) is 1. The maximum absolute atomic E-state index is 10.7. The van der Waals surface area contributed by atoms with E-state index in [1.54, 1.807) is 12.1 Å². The molecule has 0 radical (unpaired) electrons. The number of guanidine groups is 1. The Bertz CT molecular complexity index is 559. The second kappa shape index (κ2) is 9.22. The fourth-order valence-corrected chi connectivity index (χ4v) is 2.99. The number of nitrogens with one attached hydrogen (secondary N) is 2. The number of likely N-dealkylation sites (N-methyl/N-ethyl adjacent to an activating group) is 1. The minimum absolute atomic E-state index is 0.105. The zero-order valence-electron chi connectivity index (χ0n) is 14.5. The lowest BCUT2D eigenvalue weighted by Gasteiger charge is -2.24. The van der Waals surface area contributed by atoms with Crippen molar-refractivity contribution in [3.8, 4) is 0 Å². The third kappa shape index (κ3) is 5.19. The monoisotopic (exact) mass is 333 g/mol. The first kappa shape index (κ1) is 18.2. The summed E-state index contributed by atoms with van der Waals surface area (Å²) in [5, 5.41) is 17.3. The summed E-state index contributed by atoms with van der Waals surface area (Å²) < 4.78 is 0. The van der Waals surface area contributed by atoms with E-state index in [0.717, 1.165) is 31.2 Å². The summed E-state index contributed by atoms with van der Waals surface area (Å²) in [5.74, 6) is 0.791. The largest absolute Gasteiger partial charge is 0.357 e. The van der Waals surface area contributed by atoms with E-state index in [2.05, 4.69) is 27.4 Å². The summed E-state index contributed by atoms with van der Waals surface area (Å²) in [6.45, 7) is 8.69. The first-order valence-corrected chi connectivity index (χ1v) is 8.63. The van der Waals surface area contributed by atoms with E-state index in [1.807, 2.05) is 6.92 Å². The molecule has 0 amide bonds. The molecule has 0 aliphatic carbocycles. The van der Waals surface area contributed by atoms with Gasteiger partial charge in [-0.3, -0.25) is 15.0 Å². The van der Waals surface area contributed by atoms with E-state index in [0.29, 0.717) is 12.6 Å². The topological polar surface area (TPSA) is 82.8 Å². The van der Waals surface area contributed by atoms with E-state index < -0.39 is 0 Å². The van der Waals surface area contributed by atoms with Crippen molar-refractivity contribution in [2.75, 3.05) is 26.2 Å². The van der Waals surface area contributed by atoms with Crippen LogP contribution in [-0.4, -0.2) is 48.0 Å². The van der Waals surface area contributed by atoms with Crippen LogP contribution in [0.25, 0.3) is 0 Å². The molecule has 24 heavy (non-hydrogen) atoms. The smallest absolute Gasteiger partial charge is 0.269 e. The van der Waals surface area contributed by atoms with Crippen molar-refractivity contribution in [3.63, 3.8) is 0 Å². The third-order valence-corrected chi connectivity index (χ3v) is 4.32. The Labute approximate surface area is 143 Å². The molecule has 7 heteroatoms. The molecule has 2 N–H and O–H groups in total.